The summed E-state index contributed by atoms with van der Waals surface area (Å²) in [7, 11) is 0. The van der Waals surface area contributed by atoms with Gasteiger partial charge in [-0.3, -0.25) is 4.79 Å². The van der Waals surface area contributed by atoms with Crippen LogP contribution in [0.1, 0.15) is 21.5 Å². The highest BCUT2D eigenvalue weighted by molar-refractivity contribution is 7.99. The van der Waals surface area contributed by atoms with E-state index >= 15 is 0 Å². The van der Waals surface area contributed by atoms with Crippen molar-refractivity contribution in [2.24, 2.45) is 0 Å². The first kappa shape index (κ1) is 17.9. The number of amides is 1. The highest BCUT2D eigenvalue weighted by atomic mass is 32.2. The largest absolute Gasteiger partial charge is 0.376 e. The standard InChI is InChI=1S/C19H22N2O3S/c1-13-5-6-16(10-14(13)2)25-19-17(4-3-7-20-19)18(22)21-11-15-12-23-8-9-24-15/h3-7,10,15H,8-9,11-12H2,1-2H3,(H,21,22)/t15-/m0/s1. The van der Waals surface area contributed by atoms with E-state index in [0.717, 1.165) is 4.90 Å². The van der Waals surface area contributed by atoms with Crippen LogP contribution >= 0.6 is 11.8 Å². The molecule has 1 atom stereocenters. The third-order valence-electron chi connectivity index (χ3n) is 4.08. The topological polar surface area (TPSA) is 60.5 Å². The monoisotopic (exact) mass is 358 g/mol. The highest BCUT2D eigenvalue weighted by Gasteiger charge is 2.18. The normalized spacial score (nSPS) is 17.3. The number of ether oxygens (including phenoxy) is 2. The third kappa shape index (κ3) is 4.81. The van der Waals surface area contributed by atoms with Gasteiger partial charge in [-0.15, -0.1) is 0 Å². The number of aryl methyl sites for hydroxylation is 2. The van der Waals surface area contributed by atoms with Crippen LogP contribution in [0.15, 0.2) is 46.5 Å². The summed E-state index contributed by atoms with van der Waals surface area (Å²) in [5, 5.41) is 3.62. The number of nitrogens with zero attached hydrogens (tertiary/aromatic N) is 1. The Kier molecular flexibility index (Phi) is 6.07. The van der Waals surface area contributed by atoms with Gasteiger partial charge in [0.15, 0.2) is 0 Å². The lowest BCUT2D eigenvalue weighted by Gasteiger charge is -2.23. The number of pyridine rings is 1. The summed E-state index contributed by atoms with van der Waals surface area (Å²) in [4.78, 5) is 18.0. The van der Waals surface area contributed by atoms with Crippen molar-refractivity contribution in [3.05, 3.63) is 53.2 Å². The molecule has 1 amide bonds. The van der Waals surface area contributed by atoms with E-state index in [2.05, 4.69) is 42.3 Å². The van der Waals surface area contributed by atoms with Gasteiger partial charge >= 0.3 is 0 Å². The molecule has 2 aromatic rings. The van der Waals surface area contributed by atoms with Gasteiger partial charge in [0, 0.05) is 17.6 Å². The first-order valence-corrected chi connectivity index (χ1v) is 9.13. The maximum atomic E-state index is 12.6. The molecule has 0 saturated carbocycles. The Hall–Kier alpha value is -1.89. The lowest BCUT2D eigenvalue weighted by Crippen LogP contribution is -2.39. The molecule has 0 aliphatic carbocycles. The second-order valence-electron chi connectivity index (χ2n) is 5.98. The van der Waals surface area contributed by atoms with E-state index in [1.807, 2.05) is 0 Å². The first-order chi connectivity index (χ1) is 12.1. The van der Waals surface area contributed by atoms with Crippen LogP contribution in [0, 0.1) is 13.8 Å². The fourth-order valence-corrected chi connectivity index (χ4v) is 3.47. The summed E-state index contributed by atoms with van der Waals surface area (Å²) in [5.74, 6) is -0.145. The van der Waals surface area contributed by atoms with Gasteiger partial charge in [0.25, 0.3) is 5.91 Å². The van der Waals surface area contributed by atoms with Gasteiger partial charge in [-0.1, -0.05) is 17.8 Å². The molecule has 1 aliphatic rings. The Morgan fingerprint density at radius 2 is 2.16 bits per heavy atom. The number of carbonyl (C=O) groups excluding carboxylic acids is 1. The van der Waals surface area contributed by atoms with Gasteiger partial charge in [-0.25, -0.2) is 4.98 Å². The molecule has 0 unspecified atom stereocenters. The molecular weight excluding hydrogens is 336 g/mol. The Labute approximate surface area is 152 Å². The lowest BCUT2D eigenvalue weighted by molar-refractivity contribution is -0.0855. The van der Waals surface area contributed by atoms with Gasteiger partial charge in [0.2, 0.25) is 0 Å². The maximum absolute atomic E-state index is 12.6. The number of hydrogen-bond acceptors (Lipinski definition) is 5. The van der Waals surface area contributed by atoms with E-state index in [1.54, 1.807) is 18.3 Å². The summed E-state index contributed by atoms with van der Waals surface area (Å²) in [6, 6.07) is 9.82. The minimum atomic E-state index is -0.145. The van der Waals surface area contributed by atoms with Crippen LogP contribution in [-0.2, 0) is 9.47 Å². The van der Waals surface area contributed by atoms with E-state index in [9.17, 15) is 4.79 Å². The van der Waals surface area contributed by atoms with E-state index in [0.29, 0.717) is 37.0 Å². The molecule has 1 aromatic carbocycles. The molecule has 0 spiro atoms. The number of benzene rings is 1. The fraction of sp³-hybridized carbons (Fsp3) is 0.368. The molecule has 132 valence electrons. The second kappa shape index (κ2) is 8.47. The maximum Gasteiger partial charge on any atom is 0.254 e. The zero-order chi connectivity index (χ0) is 17.6. The molecule has 25 heavy (non-hydrogen) atoms. The highest BCUT2D eigenvalue weighted by Crippen LogP contribution is 2.29. The Morgan fingerprint density at radius 3 is 2.92 bits per heavy atom. The number of carbonyl (C=O) groups is 1. The zero-order valence-electron chi connectivity index (χ0n) is 14.5. The Balaban J connectivity index is 1.69. The molecule has 2 heterocycles. The van der Waals surface area contributed by atoms with Crippen molar-refractivity contribution in [3.8, 4) is 0 Å². The molecule has 6 heteroatoms. The van der Waals surface area contributed by atoms with Crippen molar-refractivity contribution in [2.75, 3.05) is 26.4 Å². The van der Waals surface area contributed by atoms with Gasteiger partial charge in [0.1, 0.15) is 5.03 Å². The number of aromatic nitrogens is 1. The van der Waals surface area contributed by atoms with E-state index in [4.69, 9.17) is 9.47 Å². The smallest absolute Gasteiger partial charge is 0.254 e. The van der Waals surface area contributed by atoms with Gasteiger partial charge in [-0.2, -0.15) is 0 Å². The van der Waals surface area contributed by atoms with Crippen LogP contribution in [0.4, 0.5) is 0 Å². The van der Waals surface area contributed by atoms with Crippen molar-refractivity contribution in [1.29, 1.82) is 0 Å². The molecule has 1 aliphatic heterocycles. The number of rotatable bonds is 5. The quantitative estimate of drug-likeness (QED) is 0.890. The number of hydrogen-bond donors (Lipinski definition) is 1. The van der Waals surface area contributed by atoms with Crippen LogP contribution < -0.4 is 5.32 Å². The second-order valence-corrected chi connectivity index (χ2v) is 7.04. The average molecular weight is 358 g/mol. The predicted molar refractivity (Wildman–Crippen MR) is 97.2 cm³/mol. The van der Waals surface area contributed by atoms with E-state index < -0.39 is 0 Å². The summed E-state index contributed by atoms with van der Waals surface area (Å²) in [5.41, 5.74) is 3.04. The molecule has 1 fully saturated rings. The van der Waals surface area contributed by atoms with Crippen LogP contribution in [-0.4, -0.2) is 43.4 Å². The zero-order valence-corrected chi connectivity index (χ0v) is 15.3. The van der Waals surface area contributed by atoms with E-state index in [1.165, 1.54) is 22.9 Å². The van der Waals surface area contributed by atoms with Gasteiger partial charge < -0.3 is 14.8 Å². The van der Waals surface area contributed by atoms with E-state index in [-0.39, 0.29) is 12.0 Å². The molecule has 0 radical (unpaired) electrons. The fourth-order valence-electron chi connectivity index (χ4n) is 2.49. The van der Waals surface area contributed by atoms with Crippen molar-refractivity contribution in [1.82, 2.24) is 10.3 Å². The molecule has 1 saturated heterocycles. The third-order valence-corrected chi connectivity index (χ3v) is 5.09. The SMILES string of the molecule is Cc1ccc(Sc2ncccc2C(=O)NC[C@H]2COCCO2)cc1C. The van der Waals surface area contributed by atoms with Gasteiger partial charge in [0.05, 0.1) is 31.5 Å². The number of nitrogens with one attached hydrogen (secondary N) is 1. The molecule has 0 bridgehead atoms. The minimum absolute atomic E-state index is 0.0924. The Bertz CT molecular complexity index is 745. The Morgan fingerprint density at radius 1 is 1.28 bits per heavy atom. The van der Waals surface area contributed by atoms with Crippen LogP contribution in [0.5, 0.6) is 0 Å². The summed E-state index contributed by atoms with van der Waals surface area (Å²) in [6.07, 6.45) is 1.61. The molecule has 3 rings (SSSR count). The van der Waals surface area contributed by atoms with Crippen molar-refractivity contribution >= 4 is 17.7 Å². The minimum Gasteiger partial charge on any atom is -0.376 e. The van der Waals surface area contributed by atoms with Gasteiger partial charge in [-0.05, 0) is 49.2 Å². The van der Waals surface area contributed by atoms with Crippen molar-refractivity contribution in [2.45, 2.75) is 29.9 Å². The van der Waals surface area contributed by atoms with Crippen molar-refractivity contribution < 1.29 is 14.3 Å². The van der Waals surface area contributed by atoms with Crippen molar-refractivity contribution in [3.63, 3.8) is 0 Å². The summed E-state index contributed by atoms with van der Waals surface area (Å²) in [6.45, 7) is 6.29. The summed E-state index contributed by atoms with van der Waals surface area (Å²) >= 11 is 1.50. The average Bonchev–Trinajstić information content (AvgIpc) is 2.64. The molecule has 1 aromatic heterocycles. The predicted octanol–water partition coefficient (Wildman–Crippen LogP) is 2.99. The molecule has 1 N–H and O–H groups in total. The van der Waals surface area contributed by atoms with Crippen LogP contribution in [0.25, 0.3) is 0 Å². The molecular formula is C19H22N2O3S. The van der Waals surface area contributed by atoms with Crippen LogP contribution in [0.3, 0.4) is 0 Å². The lowest BCUT2D eigenvalue weighted by atomic mass is 10.1. The summed E-state index contributed by atoms with van der Waals surface area (Å²) < 4.78 is 10.9. The van der Waals surface area contributed by atoms with Crippen LogP contribution in [0.2, 0.25) is 0 Å². The molecule has 5 nitrogen and oxygen atoms in total. The first-order valence-electron chi connectivity index (χ1n) is 8.31.